The van der Waals surface area contributed by atoms with E-state index in [1.807, 2.05) is 31.8 Å². The van der Waals surface area contributed by atoms with Gasteiger partial charge in [-0.15, -0.1) is 24.0 Å². The molecule has 1 aliphatic heterocycles. The summed E-state index contributed by atoms with van der Waals surface area (Å²) in [5, 5.41) is 3.45. The summed E-state index contributed by atoms with van der Waals surface area (Å²) in [4.78, 5) is 15.7. The maximum atomic E-state index is 4.85. The van der Waals surface area contributed by atoms with Crippen LogP contribution in [0.5, 0.6) is 0 Å². The van der Waals surface area contributed by atoms with Gasteiger partial charge in [-0.2, -0.15) is 0 Å². The SMILES string of the molecule is CCNC(=NCCn1ccnc1C)N1CCC(C)C(n2ccnc2)C1.I. The largest absolute Gasteiger partial charge is 0.357 e. The number of imidazole rings is 2. The number of nitrogens with zero attached hydrogens (tertiary/aromatic N) is 6. The molecule has 1 aliphatic rings. The molecule has 2 unspecified atom stereocenters. The number of hydrogen-bond donors (Lipinski definition) is 1. The second-order valence-electron chi connectivity index (χ2n) is 6.69. The fraction of sp³-hybridized carbons (Fsp3) is 0.611. The van der Waals surface area contributed by atoms with Crippen LogP contribution in [0.15, 0.2) is 36.1 Å². The van der Waals surface area contributed by atoms with Gasteiger partial charge in [0.1, 0.15) is 5.82 Å². The van der Waals surface area contributed by atoms with Gasteiger partial charge < -0.3 is 19.4 Å². The van der Waals surface area contributed by atoms with Crippen molar-refractivity contribution in [3.63, 3.8) is 0 Å². The highest BCUT2D eigenvalue weighted by Gasteiger charge is 2.28. The van der Waals surface area contributed by atoms with Crippen LogP contribution in [-0.2, 0) is 6.54 Å². The van der Waals surface area contributed by atoms with E-state index >= 15 is 0 Å². The molecule has 0 amide bonds. The molecule has 0 aromatic carbocycles. The second kappa shape index (κ2) is 9.94. The lowest BCUT2D eigenvalue weighted by atomic mass is 9.93. The van der Waals surface area contributed by atoms with E-state index in [-0.39, 0.29) is 24.0 Å². The van der Waals surface area contributed by atoms with Crippen LogP contribution >= 0.6 is 24.0 Å². The van der Waals surface area contributed by atoms with Crippen molar-refractivity contribution in [2.45, 2.75) is 39.8 Å². The summed E-state index contributed by atoms with van der Waals surface area (Å²) in [6, 6.07) is 0.441. The van der Waals surface area contributed by atoms with Crippen molar-refractivity contribution in [3.8, 4) is 0 Å². The standard InChI is InChI=1S/C18H29N7.HI/c1-4-20-18(22-8-12-23-11-7-21-16(23)3)24-9-5-15(2)17(13-24)25-10-6-19-14-25;/h6-7,10-11,14-15,17H,4-5,8-9,12-13H2,1-3H3,(H,20,22);1H. The van der Waals surface area contributed by atoms with E-state index in [0.29, 0.717) is 12.0 Å². The number of halogens is 1. The molecular formula is C18H30IN7. The normalized spacial score (nSPS) is 20.7. The Morgan fingerprint density at radius 2 is 2.19 bits per heavy atom. The third kappa shape index (κ3) is 4.99. The first-order valence-electron chi connectivity index (χ1n) is 9.17. The lowest BCUT2D eigenvalue weighted by molar-refractivity contribution is 0.189. The fourth-order valence-corrected chi connectivity index (χ4v) is 3.42. The number of guanidine groups is 1. The molecule has 0 radical (unpaired) electrons. The van der Waals surface area contributed by atoms with Gasteiger partial charge in [-0.1, -0.05) is 6.92 Å². The van der Waals surface area contributed by atoms with E-state index in [1.165, 1.54) is 0 Å². The molecule has 144 valence electrons. The van der Waals surface area contributed by atoms with Gasteiger partial charge in [0.05, 0.1) is 18.9 Å². The molecule has 0 aliphatic carbocycles. The van der Waals surface area contributed by atoms with Crippen LogP contribution in [0.25, 0.3) is 0 Å². The number of rotatable bonds is 5. The number of nitrogens with one attached hydrogen (secondary N) is 1. The quantitative estimate of drug-likeness (QED) is 0.414. The van der Waals surface area contributed by atoms with Crippen molar-refractivity contribution < 1.29 is 0 Å². The predicted octanol–water partition coefficient (Wildman–Crippen LogP) is 2.55. The van der Waals surface area contributed by atoms with Gasteiger partial charge in [0, 0.05) is 51.0 Å². The van der Waals surface area contributed by atoms with Gasteiger partial charge in [0.25, 0.3) is 0 Å². The van der Waals surface area contributed by atoms with Crippen molar-refractivity contribution in [1.82, 2.24) is 29.3 Å². The Labute approximate surface area is 172 Å². The minimum Gasteiger partial charge on any atom is -0.357 e. The summed E-state index contributed by atoms with van der Waals surface area (Å²) in [5.74, 6) is 2.69. The van der Waals surface area contributed by atoms with Gasteiger partial charge in [-0.25, -0.2) is 9.97 Å². The van der Waals surface area contributed by atoms with Crippen LogP contribution in [0.2, 0.25) is 0 Å². The Hall–Kier alpha value is -1.58. The van der Waals surface area contributed by atoms with Gasteiger partial charge in [0.15, 0.2) is 5.96 Å². The van der Waals surface area contributed by atoms with Crippen LogP contribution in [-0.4, -0.2) is 56.1 Å². The predicted molar refractivity (Wildman–Crippen MR) is 115 cm³/mol. The van der Waals surface area contributed by atoms with Crippen molar-refractivity contribution in [2.75, 3.05) is 26.2 Å². The first kappa shape index (κ1) is 20.7. The average molecular weight is 471 g/mol. The lowest BCUT2D eigenvalue weighted by Gasteiger charge is -2.39. The van der Waals surface area contributed by atoms with Crippen molar-refractivity contribution in [1.29, 1.82) is 0 Å². The summed E-state index contributed by atoms with van der Waals surface area (Å²) in [6.45, 7) is 11.0. The smallest absolute Gasteiger partial charge is 0.194 e. The van der Waals surface area contributed by atoms with E-state index < -0.39 is 0 Å². The van der Waals surface area contributed by atoms with Crippen LogP contribution in [0.3, 0.4) is 0 Å². The highest BCUT2D eigenvalue weighted by molar-refractivity contribution is 14.0. The molecule has 3 heterocycles. The highest BCUT2D eigenvalue weighted by atomic mass is 127. The number of likely N-dealkylation sites (tertiary alicyclic amines) is 1. The van der Waals surface area contributed by atoms with Crippen molar-refractivity contribution in [3.05, 3.63) is 36.9 Å². The lowest BCUT2D eigenvalue weighted by Crippen LogP contribution is -2.49. The molecule has 3 rings (SSSR count). The van der Waals surface area contributed by atoms with Gasteiger partial charge >= 0.3 is 0 Å². The molecule has 1 saturated heterocycles. The second-order valence-corrected chi connectivity index (χ2v) is 6.69. The molecule has 1 fully saturated rings. The monoisotopic (exact) mass is 471 g/mol. The summed E-state index contributed by atoms with van der Waals surface area (Å²) < 4.78 is 4.37. The van der Waals surface area contributed by atoms with Gasteiger partial charge in [-0.05, 0) is 26.2 Å². The van der Waals surface area contributed by atoms with Crippen molar-refractivity contribution >= 4 is 29.9 Å². The molecule has 1 N–H and O–H groups in total. The van der Waals surface area contributed by atoms with E-state index in [9.17, 15) is 0 Å². The Balaban J connectivity index is 0.00000243. The van der Waals surface area contributed by atoms with E-state index in [1.54, 1.807) is 0 Å². The summed E-state index contributed by atoms with van der Waals surface area (Å²) >= 11 is 0. The van der Waals surface area contributed by atoms with E-state index in [2.05, 4.69) is 49.4 Å². The summed E-state index contributed by atoms with van der Waals surface area (Å²) in [6.07, 6.45) is 10.9. The number of piperidine rings is 1. The minimum absolute atomic E-state index is 0. The maximum Gasteiger partial charge on any atom is 0.194 e. The molecule has 2 atom stereocenters. The zero-order valence-electron chi connectivity index (χ0n) is 15.9. The zero-order valence-corrected chi connectivity index (χ0v) is 18.2. The zero-order chi connectivity index (χ0) is 17.6. The molecule has 26 heavy (non-hydrogen) atoms. The molecule has 0 bridgehead atoms. The molecule has 7 nitrogen and oxygen atoms in total. The topological polar surface area (TPSA) is 63.3 Å². The van der Waals surface area contributed by atoms with Gasteiger partial charge in [0.2, 0.25) is 0 Å². The Morgan fingerprint density at radius 1 is 1.35 bits per heavy atom. The van der Waals surface area contributed by atoms with Crippen LogP contribution in [0.1, 0.15) is 32.1 Å². The third-order valence-electron chi connectivity index (χ3n) is 4.99. The number of hydrogen-bond acceptors (Lipinski definition) is 3. The summed E-state index contributed by atoms with van der Waals surface area (Å²) in [5.41, 5.74) is 0. The molecule has 2 aromatic heterocycles. The fourth-order valence-electron chi connectivity index (χ4n) is 3.42. The average Bonchev–Trinajstić information content (AvgIpc) is 3.27. The minimum atomic E-state index is 0. The highest BCUT2D eigenvalue weighted by Crippen LogP contribution is 2.27. The van der Waals surface area contributed by atoms with E-state index in [4.69, 9.17) is 4.99 Å². The molecule has 8 heteroatoms. The first-order valence-corrected chi connectivity index (χ1v) is 9.17. The number of aliphatic imine (C=N–C) groups is 1. The first-order chi connectivity index (χ1) is 12.2. The van der Waals surface area contributed by atoms with Crippen LogP contribution in [0, 0.1) is 12.8 Å². The Morgan fingerprint density at radius 3 is 2.85 bits per heavy atom. The molecular weight excluding hydrogens is 441 g/mol. The Bertz CT molecular complexity index is 680. The molecule has 2 aromatic rings. The Kier molecular flexibility index (Phi) is 7.92. The third-order valence-corrected chi connectivity index (χ3v) is 4.99. The maximum absolute atomic E-state index is 4.85. The van der Waals surface area contributed by atoms with Crippen molar-refractivity contribution in [2.24, 2.45) is 10.9 Å². The van der Waals surface area contributed by atoms with Gasteiger partial charge in [-0.3, -0.25) is 4.99 Å². The van der Waals surface area contributed by atoms with E-state index in [0.717, 1.165) is 50.9 Å². The summed E-state index contributed by atoms with van der Waals surface area (Å²) in [7, 11) is 0. The number of aryl methyl sites for hydroxylation is 1. The molecule has 0 spiro atoms. The number of aromatic nitrogens is 4. The van der Waals surface area contributed by atoms with Crippen LogP contribution < -0.4 is 5.32 Å². The molecule has 0 saturated carbocycles. The van der Waals surface area contributed by atoms with Crippen LogP contribution in [0.4, 0.5) is 0 Å².